The summed E-state index contributed by atoms with van der Waals surface area (Å²) in [6.07, 6.45) is 4.33. The van der Waals surface area contributed by atoms with Crippen molar-refractivity contribution in [2.24, 2.45) is 0 Å². The molecule has 2 aromatic rings. The third kappa shape index (κ3) is 6.53. The highest BCUT2D eigenvalue weighted by atomic mass is 19.2. The number of hydrogen-bond acceptors (Lipinski definition) is 4. The third-order valence-corrected chi connectivity index (χ3v) is 5.21. The van der Waals surface area contributed by atoms with Crippen LogP contribution in [0.4, 0.5) is 14.5 Å². The van der Waals surface area contributed by atoms with Gasteiger partial charge in [-0.2, -0.15) is 0 Å². The highest BCUT2D eigenvalue weighted by Crippen LogP contribution is 2.22. The van der Waals surface area contributed by atoms with Gasteiger partial charge in [-0.3, -0.25) is 4.79 Å². The van der Waals surface area contributed by atoms with Gasteiger partial charge in [-0.1, -0.05) is 6.07 Å². The summed E-state index contributed by atoms with van der Waals surface area (Å²) in [5.41, 5.74) is 2.78. The summed E-state index contributed by atoms with van der Waals surface area (Å²) in [7, 11) is 0. The predicted molar refractivity (Wildman–Crippen MR) is 110 cm³/mol. The Balaban J connectivity index is 1.41. The van der Waals surface area contributed by atoms with Gasteiger partial charge in [-0.25, -0.2) is 8.78 Å². The van der Waals surface area contributed by atoms with E-state index in [4.69, 9.17) is 4.74 Å². The first kappa shape index (κ1) is 21.2. The maximum Gasteiger partial charge on any atom is 0.160 e. The van der Waals surface area contributed by atoms with Gasteiger partial charge in [0.1, 0.15) is 11.9 Å². The fourth-order valence-corrected chi connectivity index (χ4v) is 3.50. The summed E-state index contributed by atoms with van der Waals surface area (Å²) in [6, 6.07) is 9.68. The largest absolute Gasteiger partial charge is 0.490 e. The van der Waals surface area contributed by atoms with Gasteiger partial charge in [0.2, 0.25) is 0 Å². The van der Waals surface area contributed by atoms with Crippen molar-refractivity contribution in [2.45, 2.75) is 45.1 Å². The van der Waals surface area contributed by atoms with Gasteiger partial charge < -0.3 is 15.4 Å². The fourth-order valence-electron chi connectivity index (χ4n) is 3.50. The number of anilines is 1. The molecule has 1 heterocycles. The summed E-state index contributed by atoms with van der Waals surface area (Å²) in [6.45, 7) is 4.17. The summed E-state index contributed by atoms with van der Waals surface area (Å²) in [5.74, 6) is -0.877. The van der Waals surface area contributed by atoms with Gasteiger partial charge in [0, 0.05) is 18.2 Å². The third-order valence-electron chi connectivity index (χ3n) is 5.21. The first-order valence-electron chi connectivity index (χ1n) is 10.2. The van der Waals surface area contributed by atoms with Crippen LogP contribution in [0.2, 0.25) is 0 Å². The van der Waals surface area contributed by atoms with Crippen LogP contribution >= 0.6 is 0 Å². The minimum Gasteiger partial charge on any atom is -0.490 e. The van der Waals surface area contributed by atoms with E-state index >= 15 is 0 Å². The molecule has 29 heavy (non-hydrogen) atoms. The quantitative estimate of drug-likeness (QED) is 0.652. The van der Waals surface area contributed by atoms with Crippen molar-refractivity contribution in [3.05, 3.63) is 59.2 Å². The summed E-state index contributed by atoms with van der Waals surface area (Å²) < 4.78 is 32.2. The fraction of sp³-hybridized carbons (Fsp3) is 0.435. The smallest absolute Gasteiger partial charge is 0.160 e. The molecule has 6 heteroatoms. The molecule has 0 aliphatic carbocycles. The highest BCUT2D eigenvalue weighted by Gasteiger charge is 2.14. The lowest BCUT2D eigenvalue weighted by atomic mass is 10.0. The van der Waals surface area contributed by atoms with E-state index in [0.717, 1.165) is 56.7 Å². The van der Waals surface area contributed by atoms with E-state index in [9.17, 15) is 13.6 Å². The van der Waals surface area contributed by atoms with Crippen molar-refractivity contribution in [3.63, 3.8) is 0 Å². The van der Waals surface area contributed by atoms with E-state index < -0.39 is 11.6 Å². The monoisotopic (exact) mass is 402 g/mol. The van der Waals surface area contributed by atoms with E-state index in [1.807, 2.05) is 6.07 Å². The second-order valence-electron chi connectivity index (χ2n) is 7.53. The predicted octanol–water partition coefficient (Wildman–Crippen LogP) is 4.41. The van der Waals surface area contributed by atoms with Gasteiger partial charge in [-0.05, 0) is 81.1 Å². The van der Waals surface area contributed by atoms with Crippen LogP contribution in [0.3, 0.4) is 0 Å². The van der Waals surface area contributed by atoms with Crippen LogP contribution in [0, 0.1) is 18.6 Å². The Bertz CT molecular complexity index is 836. The number of ketones is 1. The number of aryl methyl sites for hydroxylation is 2. The number of Topliss-reactive ketones (excluding diaryl/α,β-unsaturated/α-hetero) is 1. The van der Waals surface area contributed by atoms with Crippen molar-refractivity contribution >= 4 is 11.5 Å². The van der Waals surface area contributed by atoms with Gasteiger partial charge in [0.25, 0.3) is 0 Å². The Labute approximate surface area is 170 Å². The van der Waals surface area contributed by atoms with Gasteiger partial charge in [0.15, 0.2) is 17.4 Å². The molecule has 0 atom stereocenters. The van der Waals surface area contributed by atoms with E-state index in [1.54, 1.807) is 0 Å². The SMILES string of the molecule is Cc1cc(OC2CCNCC2)ccc1CCCC(=O)CNc1ccc(F)c(F)c1. The maximum absolute atomic E-state index is 13.2. The second kappa shape index (κ2) is 10.3. The Hall–Kier alpha value is -2.47. The number of nitrogens with one attached hydrogen (secondary N) is 2. The van der Waals surface area contributed by atoms with Crippen LogP contribution < -0.4 is 15.4 Å². The lowest BCUT2D eigenvalue weighted by molar-refractivity contribution is -0.117. The maximum atomic E-state index is 13.2. The Morgan fingerprint density at radius 2 is 1.93 bits per heavy atom. The number of ether oxygens (including phenoxy) is 1. The van der Waals surface area contributed by atoms with E-state index in [0.29, 0.717) is 12.1 Å². The van der Waals surface area contributed by atoms with Crippen LogP contribution in [-0.2, 0) is 11.2 Å². The molecule has 3 rings (SSSR count). The van der Waals surface area contributed by atoms with Crippen molar-refractivity contribution in [3.8, 4) is 5.75 Å². The molecular weight excluding hydrogens is 374 g/mol. The zero-order valence-corrected chi connectivity index (χ0v) is 16.8. The van der Waals surface area contributed by atoms with Crippen LogP contribution in [0.5, 0.6) is 5.75 Å². The normalized spacial score (nSPS) is 14.6. The standard InChI is InChI=1S/C23H28F2N2O2/c1-16-13-21(29-20-9-11-26-12-10-20)7-5-17(16)3-2-4-19(28)15-27-18-6-8-22(24)23(25)14-18/h5-8,13-14,20,26-27H,2-4,9-12,15H2,1H3. The lowest BCUT2D eigenvalue weighted by Crippen LogP contribution is -2.34. The molecule has 0 saturated carbocycles. The van der Waals surface area contributed by atoms with Crippen LogP contribution in [0.15, 0.2) is 36.4 Å². The zero-order valence-electron chi connectivity index (χ0n) is 16.8. The molecule has 4 nitrogen and oxygen atoms in total. The summed E-state index contributed by atoms with van der Waals surface area (Å²) in [4.78, 5) is 12.1. The molecule has 0 aromatic heterocycles. The van der Waals surface area contributed by atoms with E-state index in [-0.39, 0.29) is 18.4 Å². The molecule has 0 radical (unpaired) electrons. The molecule has 1 aliphatic rings. The molecule has 1 aliphatic heterocycles. The van der Waals surface area contributed by atoms with Crippen LogP contribution in [0.1, 0.15) is 36.8 Å². The number of halogens is 2. The van der Waals surface area contributed by atoms with Crippen molar-refractivity contribution in [2.75, 3.05) is 25.0 Å². The molecule has 0 amide bonds. The molecule has 0 unspecified atom stereocenters. The topological polar surface area (TPSA) is 50.4 Å². The molecule has 0 spiro atoms. The Kier molecular flexibility index (Phi) is 7.58. The van der Waals surface area contributed by atoms with Gasteiger partial charge in [-0.15, -0.1) is 0 Å². The number of hydrogen-bond donors (Lipinski definition) is 2. The number of carbonyl (C=O) groups excluding carboxylic acids is 1. The Morgan fingerprint density at radius 3 is 2.66 bits per heavy atom. The zero-order chi connectivity index (χ0) is 20.6. The summed E-state index contributed by atoms with van der Waals surface area (Å²) in [5, 5.41) is 6.17. The Morgan fingerprint density at radius 1 is 1.14 bits per heavy atom. The molecule has 1 fully saturated rings. The molecule has 2 N–H and O–H groups in total. The van der Waals surface area contributed by atoms with Gasteiger partial charge >= 0.3 is 0 Å². The minimum atomic E-state index is -0.925. The van der Waals surface area contributed by atoms with Crippen LogP contribution in [0.25, 0.3) is 0 Å². The molecular formula is C23H28F2N2O2. The molecule has 0 bridgehead atoms. The van der Waals surface area contributed by atoms with Crippen LogP contribution in [-0.4, -0.2) is 31.5 Å². The minimum absolute atomic E-state index is 0.0400. The van der Waals surface area contributed by atoms with E-state index in [2.05, 4.69) is 29.7 Å². The number of piperidine rings is 1. The van der Waals surface area contributed by atoms with Crippen molar-refractivity contribution in [1.82, 2.24) is 5.32 Å². The average Bonchev–Trinajstić information content (AvgIpc) is 2.71. The molecule has 156 valence electrons. The molecule has 2 aromatic carbocycles. The number of benzene rings is 2. The van der Waals surface area contributed by atoms with E-state index in [1.165, 1.54) is 17.2 Å². The van der Waals surface area contributed by atoms with Crippen molar-refractivity contribution in [1.29, 1.82) is 0 Å². The number of rotatable bonds is 9. The first-order chi connectivity index (χ1) is 14.0. The lowest BCUT2D eigenvalue weighted by Gasteiger charge is -2.24. The number of carbonyl (C=O) groups is 1. The highest BCUT2D eigenvalue weighted by molar-refractivity contribution is 5.82. The average molecular weight is 402 g/mol. The summed E-state index contributed by atoms with van der Waals surface area (Å²) >= 11 is 0. The first-order valence-corrected chi connectivity index (χ1v) is 10.2. The molecule has 1 saturated heterocycles. The second-order valence-corrected chi connectivity index (χ2v) is 7.53. The van der Waals surface area contributed by atoms with Gasteiger partial charge in [0.05, 0.1) is 6.54 Å². The van der Waals surface area contributed by atoms with Crippen molar-refractivity contribution < 1.29 is 18.3 Å².